The van der Waals surface area contributed by atoms with E-state index in [0.717, 1.165) is 18.9 Å². The molecule has 0 aliphatic heterocycles. The summed E-state index contributed by atoms with van der Waals surface area (Å²) in [5.41, 5.74) is -0.0283. The number of rotatable bonds is 8. The van der Waals surface area contributed by atoms with Gasteiger partial charge < -0.3 is 10.1 Å². The smallest absolute Gasteiger partial charge is 0.0800 e. The van der Waals surface area contributed by atoms with E-state index in [9.17, 15) is 0 Å². The second-order valence-electron chi connectivity index (χ2n) is 4.73. The molecule has 0 rings (SSSR count). The average Bonchev–Trinajstić information content (AvgIpc) is 2.27. The van der Waals surface area contributed by atoms with Crippen LogP contribution in [-0.4, -0.2) is 25.3 Å². The summed E-state index contributed by atoms with van der Waals surface area (Å²) in [5.74, 6) is 0.759. The van der Waals surface area contributed by atoms with Crippen LogP contribution in [0.3, 0.4) is 0 Å². The zero-order valence-electron chi connectivity index (χ0n) is 11.4. The van der Waals surface area contributed by atoms with Crippen LogP contribution in [0.5, 0.6) is 0 Å². The molecule has 0 aliphatic rings. The van der Waals surface area contributed by atoms with Crippen LogP contribution in [0, 0.1) is 5.92 Å². The van der Waals surface area contributed by atoms with E-state index in [-0.39, 0.29) is 5.60 Å². The van der Waals surface area contributed by atoms with Gasteiger partial charge in [0.2, 0.25) is 0 Å². The molecule has 0 bridgehead atoms. The van der Waals surface area contributed by atoms with Crippen molar-refractivity contribution in [3.63, 3.8) is 0 Å². The Morgan fingerprint density at radius 2 is 1.87 bits per heavy atom. The molecule has 0 aromatic heterocycles. The summed E-state index contributed by atoms with van der Waals surface area (Å²) in [7, 11) is 1.82. The number of hydrogen-bond acceptors (Lipinski definition) is 2. The highest BCUT2D eigenvalue weighted by Gasteiger charge is 2.32. The van der Waals surface area contributed by atoms with Crippen LogP contribution in [0.1, 0.15) is 53.9 Å². The molecular weight excluding hydrogens is 186 g/mol. The van der Waals surface area contributed by atoms with Gasteiger partial charge in [-0.05, 0) is 32.2 Å². The molecule has 0 aromatic rings. The van der Waals surface area contributed by atoms with E-state index < -0.39 is 0 Å². The third kappa shape index (κ3) is 4.52. The lowest BCUT2D eigenvalue weighted by Gasteiger charge is -2.37. The molecule has 0 radical (unpaired) electrons. The second kappa shape index (κ2) is 7.24. The molecule has 0 aliphatic carbocycles. The van der Waals surface area contributed by atoms with Crippen molar-refractivity contribution >= 4 is 0 Å². The van der Waals surface area contributed by atoms with Crippen LogP contribution in [0.15, 0.2) is 0 Å². The summed E-state index contributed by atoms with van der Waals surface area (Å²) < 4.78 is 5.68. The summed E-state index contributed by atoms with van der Waals surface area (Å²) in [6.07, 6.45) is 3.49. The lowest BCUT2D eigenvalue weighted by molar-refractivity contribution is -0.0342. The Kier molecular flexibility index (Phi) is 7.20. The molecular formula is C13H29NO. The quantitative estimate of drug-likeness (QED) is 0.671. The Morgan fingerprint density at radius 3 is 2.20 bits per heavy atom. The third-order valence-electron chi connectivity index (χ3n) is 3.69. The third-order valence-corrected chi connectivity index (χ3v) is 3.69. The van der Waals surface area contributed by atoms with E-state index in [2.05, 4.69) is 39.9 Å². The van der Waals surface area contributed by atoms with Crippen molar-refractivity contribution in [3.05, 3.63) is 0 Å². The number of methoxy groups -OCH3 is 1. The fraction of sp³-hybridized carbons (Fsp3) is 1.00. The molecule has 0 fully saturated rings. The largest absolute Gasteiger partial charge is 0.377 e. The van der Waals surface area contributed by atoms with Crippen molar-refractivity contribution < 1.29 is 4.74 Å². The van der Waals surface area contributed by atoms with Gasteiger partial charge in [0, 0.05) is 13.2 Å². The first-order valence-electron chi connectivity index (χ1n) is 6.32. The highest BCUT2D eigenvalue weighted by atomic mass is 16.5. The number of hydrogen-bond donors (Lipinski definition) is 1. The number of nitrogens with one attached hydrogen (secondary N) is 1. The van der Waals surface area contributed by atoms with Crippen molar-refractivity contribution in [2.24, 2.45) is 5.92 Å². The van der Waals surface area contributed by atoms with Crippen molar-refractivity contribution in [3.8, 4) is 0 Å². The van der Waals surface area contributed by atoms with Gasteiger partial charge in [-0.2, -0.15) is 0 Å². The highest BCUT2D eigenvalue weighted by molar-refractivity contribution is 4.89. The second-order valence-corrected chi connectivity index (χ2v) is 4.73. The maximum Gasteiger partial charge on any atom is 0.0800 e. The minimum absolute atomic E-state index is 0.0283. The van der Waals surface area contributed by atoms with Gasteiger partial charge in [0.25, 0.3) is 0 Å². The Bertz CT molecular complexity index is 155. The molecule has 3 atom stereocenters. The molecule has 0 saturated heterocycles. The molecule has 0 amide bonds. The molecule has 0 saturated carbocycles. The minimum Gasteiger partial charge on any atom is -0.377 e. The van der Waals surface area contributed by atoms with Gasteiger partial charge >= 0.3 is 0 Å². The molecule has 3 unspecified atom stereocenters. The van der Waals surface area contributed by atoms with Crippen LogP contribution < -0.4 is 5.32 Å². The Hall–Kier alpha value is -0.0800. The first-order chi connectivity index (χ1) is 7.03. The first-order valence-corrected chi connectivity index (χ1v) is 6.32. The molecule has 0 heterocycles. The molecule has 0 spiro atoms. The highest BCUT2D eigenvalue weighted by Crippen LogP contribution is 2.25. The topological polar surface area (TPSA) is 21.3 Å². The Balaban J connectivity index is 4.47. The Labute approximate surface area is 95.8 Å². The maximum atomic E-state index is 5.68. The fourth-order valence-corrected chi connectivity index (χ4v) is 1.90. The number of ether oxygens (including phenoxy) is 1. The molecule has 92 valence electrons. The molecule has 0 aromatic carbocycles. The Morgan fingerprint density at radius 1 is 1.27 bits per heavy atom. The van der Waals surface area contributed by atoms with Crippen molar-refractivity contribution in [2.45, 2.75) is 65.5 Å². The zero-order valence-corrected chi connectivity index (χ0v) is 11.4. The van der Waals surface area contributed by atoms with E-state index in [1.165, 1.54) is 12.8 Å². The van der Waals surface area contributed by atoms with Gasteiger partial charge in [-0.1, -0.05) is 34.1 Å². The zero-order chi connectivity index (χ0) is 11.9. The van der Waals surface area contributed by atoms with Crippen LogP contribution in [0.25, 0.3) is 0 Å². The van der Waals surface area contributed by atoms with Crippen molar-refractivity contribution in [1.29, 1.82) is 0 Å². The predicted octanol–water partition coefficient (Wildman–Crippen LogP) is 3.22. The molecule has 15 heavy (non-hydrogen) atoms. The average molecular weight is 215 g/mol. The van der Waals surface area contributed by atoms with E-state index in [4.69, 9.17) is 4.74 Å². The predicted molar refractivity (Wildman–Crippen MR) is 67.2 cm³/mol. The number of likely N-dealkylation sites (N-methyl/N-ethyl adjacent to an activating group) is 1. The van der Waals surface area contributed by atoms with Gasteiger partial charge in [0.1, 0.15) is 0 Å². The first kappa shape index (κ1) is 14.9. The van der Waals surface area contributed by atoms with Crippen LogP contribution in [-0.2, 0) is 4.74 Å². The van der Waals surface area contributed by atoms with Gasteiger partial charge in [-0.15, -0.1) is 0 Å². The van der Waals surface area contributed by atoms with E-state index in [0.29, 0.717) is 6.04 Å². The molecule has 1 N–H and O–H groups in total. The van der Waals surface area contributed by atoms with Crippen LogP contribution >= 0.6 is 0 Å². The van der Waals surface area contributed by atoms with Gasteiger partial charge in [0.05, 0.1) is 5.60 Å². The van der Waals surface area contributed by atoms with E-state index in [1.54, 1.807) is 0 Å². The van der Waals surface area contributed by atoms with Gasteiger partial charge in [-0.25, -0.2) is 0 Å². The molecule has 2 heteroatoms. The summed E-state index contributed by atoms with van der Waals surface area (Å²) in [5, 5.41) is 3.57. The van der Waals surface area contributed by atoms with Crippen LogP contribution in [0.2, 0.25) is 0 Å². The van der Waals surface area contributed by atoms with E-state index >= 15 is 0 Å². The van der Waals surface area contributed by atoms with Crippen LogP contribution in [0.4, 0.5) is 0 Å². The summed E-state index contributed by atoms with van der Waals surface area (Å²) in [4.78, 5) is 0. The van der Waals surface area contributed by atoms with Gasteiger partial charge in [-0.3, -0.25) is 0 Å². The summed E-state index contributed by atoms with van der Waals surface area (Å²) >= 11 is 0. The fourth-order valence-electron chi connectivity index (χ4n) is 1.90. The maximum absolute atomic E-state index is 5.68. The standard InChI is InChI=1S/C13H29NO/c1-7-11(4)10-12(14-9-3)13(5,8-2)15-6/h11-12,14H,7-10H2,1-6H3. The van der Waals surface area contributed by atoms with E-state index in [1.807, 2.05) is 7.11 Å². The SMILES string of the molecule is CCNC(CC(C)CC)C(C)(CC)OC. The summed E-state index contributed by atoms with van der Waals surface area (Å²) in [6.45, 7) is 12.2. The normalized spacial score (nSPS) is 19.6. The lowest BCUT2D eigenvalue weighted by Crippen LogP contribution is -2.50. The summed E-state index contributed by atoms with van der Waals surface area (Å²) in [6, 6.07) is 0.465. The van der Waals surface area contributed by atoms with Crippen molar-refractivity contribution in [2.75, 3.05) is 13.7 Å². The monoisotopic (exact) mass is 215 g/mol. The molecule has 2 nitrogen and oxygen atoms in total. The van der Waals surface area contributed by atoms with Crippen molar-refractivity contribution in [1.82, 2.24) is 5.32 Å². The van der Waals surface area contributed by atoms with Gasteiger partial charge in [0.15, 0.2) is 0 Å². The lowest BCUT2D eigenvalue weighted by atomic mass is 9.85. The minimum atomic E-state index is -0.0283.